The van der Waals surface area contributed by atoms with Crippen molar-refractivity contribution in [2.75, 3.05) is 18.1 Å². The van der Waals surface area contributed by atoms with Gasteiger partial charge in [-0.2, -0.15) is 11.8 Å². The fraction of sp³-hybridized carbons (Fsp3) is 0.583. The van der Waals surface area contributed by atoms with Crippen LogP contribution in [0, 0.1) is 6.92 Å². The summed E-state index contributed by atoms with van der Waals surface area (Å²) in [7, 11) is 0. The molecule has 1 aliphatic rings. The van der Waals surface area contributed by atoms with Crippen LogP contribution in [0.3, 0.4) is 0 Å². The lowest BCUT2D eigenvalue weighted by Gasteiger charge is -2.33. The van der Waals surface area contributed by atoms with Crippen LogP contribution in [0.2, 0.25) is 0 Å². The molecule has 2 heterocycles. The van der Waals surface area contributed by atoms with E-state index >= 15 is 0 Å². The smallest absolute Gasteiger partial charge is 0.304 e. The number of hydrogen-bond acceptors (Lipinski definition) is 4. The molecule has 0 spiro atoms. The van der Waals surface area contributed by atoms with Gasteiger partial charge in [-0.3, -0.25) is 9.69 Å². The van der Waals surface area contributed by atoms with Crippen molar-refractivity contribution in [2.24, 2.45) is 0 Å². The van der Waals surface area contributed by atoms with Crippen LogP contribution in [0.15, 0.2) is 16.7 Å². The van der Waals surface area contributed by atoms with E-state index in [4.69, 9.17) is 9.52 Å². The maximum atomic E-state index is 10.8. The molecule has 4 nitrogen and oxygen atoms in total. The number of carboxylic acids is 1. The molecule has 1 N–H and O–H groups in total. The second kappa shape index (κ2) is 5.60. The molecule has 0 bridgehead atoms. The second-order valence-electron chi connectivity index (χ2n) is 4.32. The topological polar surface area (TPSA) is 53.7 Å². The summed E-state index contributed by atoms with van der Waals surface area (Å²) in [6.07, 6.45) is 1.91. The minimum Gasteiger partial charge on any atom is -0.481 e. The Balaban J connectivity index is 2.01. The average molecular weight is 255 g/mol. The first kappa shape index (κ1) is 12.5. The van der Waals surface area contributed by atoms with E-state index < -0.39 is 5.97 Å². The van der Waals surface area contributed by atoms with Gasteiger partial charge in [0, 0.05) is 24.1 Å². The number of thioether (sulfide) groups is 1. The number of furan rings is 1. The van der Waals surface area contributed by atoms with Crippen molar-refractivity contribution in [1.29, 1.82) is 0 Å². The normalized spacial score (nSPS) is 21.6. The van der Waals surface area contributed by atoms with Crippen molar-refractivity contribution < 1.29 is 14.3 Å². The van der Waals surface area contributed by atoms with Crippen LogP contribution in [0.5, 0.6) is 0 Å². The van der Waals surface area contributed by atoms with E-state index in [1.165, 1.54) is 0 Å². The van der Waals surface area contributed by atoms with Gasteiger partial charge in [0.15, 0.2) is 0 Å². The highest BCUT2D eigenvalue weighted by Crippen LogP contribution is 2.22. The minimum absolute atomic E-state index is 0.121. The van der Waals surface area contributed by atoms with Gasteiger partial charge in [-0.1, -0.05) is 0 Å². The third kappa shape index (κ3) is 3.26. The van der Waals surface area contributed by atoms with Crippen LogP contribution >= 0.6 is 11.8 Å². The van der Waals surface area contributed by atoms with Crippen LogP contribution in [-0.4, -0.2) is 40.1 Å². The Hall–Kier alpha value is -0.940. The van der Waals surface area contributed by atoms with Crippen molar-refractivity contribution in [3.8, 4) is 0 Å². The first-order chi connectivity index (χ1) is 8.16. The predicted molar refractivity (Wildman–Crippen MR) is 67.2 cm³/mol. The number of hydrogen-bond donors (Lipinski definition) is 1. The highest BCUT2D eigenvalue weighted by atomic mass is 32.2. The predicted octanol–water partition coefficient (Wildman–Crippen LogP) is 1.98. The Kier molecular flexibility index (Phi) is 4.12. The quantitative estimate of drug-likeness (QED) is 0.891. The van der Waals surface area contributed by atoms with E-state index in [9.17, 15) is 4.79 Å². The average Bonchev–Trinajstić information content (AvgIpc) is 2.67. The van der Waals surface area contributed by atoms with E-state index in [0.717, 1.165) is 35.9 Å². The van der Waals surface area contributed by atoms with Gasteiger partial charge in [-0.05, 0) is 18.6 Å². The molecule has 94 valence electrons. The van der Waals surface area contributed by atoms with Gasteiger partial charge >= 0.3 is 5.97 Å². The van der Waals surface area contributed by atoms with Crippen molar-refractivity contribution >= 4 is 17.7 Å². The molecule has 1 saturated heterocycles. The molecule has 1 aromatic heterocycles. The van der Waals surface area contributed by atoms with Gasteiger partial charge in [0.25, 0.3) is 0 Å². The van der Waals surface area contributed by atoms with Crippen LogP contribution < -0.4 is 0 Å². The third-order valence-corrected chi connectivity index (χ3v) is 4.17. The molecule has 1 unspecified atom stereocenters. The zero-order valence-corrected chi connectivity index (χ0v) is 10.7. The number of rotatable bonds is 4. The summed E-state index contributed by atoms with van der Waals surface area (Å²) < 4.78 is 5.42. The van der Waals surface area contributed by atoms with Gasteiger partial charge in [-0.15, -0.1) is 0 Å². The van der Waals surface area contributed by atoms with Gasteiger partial charge < -0.3 is 9.52 Å². The van der Waals surface area contributed by atoms with Gasteiger partial charge in [0.2, 0.25) is 0 Å². The largest absolute Gasteiger partial charge is 0.481 e. The van der Waals surface area contributed by atoms with Crippen LogP contribution in [0.25, 0.3) is 0 Å². The zero-order valence-electron chi connectivity index (χ0n) is 9.89. The SMILES string of the molecule is Cc1ccoc1CN1CCSCC1CC(=O)O. The molecular formula is C12H17NO3S. The summed E-state index contributed by atoms with van der Waals surface area (Å²) in [5, 5.41) is 8.90. The van der Waals surface area contributed by atoms with Gasteiger partial charge in [0.1, 0.15) is 5.76 Å². The number of aryl methyl sites for hydroxylation is 1. The summed E-state index contributed by atoms with van der Waals surface area (Å²) in [4.78, 5) is 13.0. The van der Waals surface area contributed by atoms with Crippen molar-refractivity contribution in [3.63, 3.8) is 0 Å². The fourth-order valence-corrected chi connectivity index (χ4v) is 3.17. The Bertz CT molecular complexity index is 391. The lowest BCUT2D eigenvalue weighted by molar-refractivity contribution is -0.138. The Morgan fingerprint density at radius 3 is 3.18 bits per heavy atom. The fourth-order valence-electron chi connectivity index (χ4n) is 2.04. The van der Waals surface area contributed by atoms with Crippen molar-refractivity contribution in [1.82, 2.24) is 4.90 Å². The molecular weight excluding hydrogens is 238 g/mol. The standard InChI is InChI=1S/C12H17NO3S/c1-9-2-4-16-11(9)7-13-3-5-17-8-10(13)6-12(14)15/h2,4,10H,3,5-8H2,1H3,(H,14,15). The molecule has 2 rings (SSSR count). The summed E-state index contributed by atoms with van der Waals surface area (Å²) in [6, 6.07) is 2.07. The number of aliphatic carboxylic acids is 1. The van der Waals surface area contributed by atoms with Crippen molar-refractivity contribution in [3.05, 3.63) is 23.7 Å². The maximum Gasteiger partial charge on any atom is 0.304 e. The summed E-state index contributed by atoms with van der Waals surface area (Å²) in [5.41, 5.74) is 1.14. The molecule has 17 heavy (non-hydrogen) atoms. The third-order valence-electron chi connectivity index (χ3n) is 3.07. The molecule has 1 aromatic rings. The highest BCUT2D eigenvalue weighted by molar-refractivity contribution is 7.99. The van der Waals surface area contributed by atoms with E-state index in [2.05, 4.69) is 4.90 Å². The van der Waals surface area contributed by atoms with E-state index in [-0.39, 0.29) is 12.5 Å². The van der Waals surface area contributed by atoms with Gasteiger partial charge in [-0.25, -0.2) is 0 Å². The second-order valence-corrected chi connectivity index (χ2v) is 5.47. The number of carboxylic acid groups (broad SMARTS) is 1. The first-order valence-electron chi connectivity index (χ1n) is 5.73. The summed E-state index contributed by atoms with van der Waals surface area (Å²) >= 11 is 1.83. The Morgan fingerprint density at radius 1 is 1.71 bits per heavy atom. The molecule has 1 atom stereocenters. The van der Waals surface area contributed by atoms with Crippen LogP contribution in [0.1, 0.15) is 17.7 Å². The summed E-state index contributed by atoms with van der Waals surface area (Å²) in [6.45, 7) is 3.67. The number of carbonyl (C=O) groups is 1. The zero-order chi connectivity index (χ0) is 12.3. The molecule has 0 aromatic carbocycles. The van der Waals surface area contributed by atoms with E-state index in [1.807, 2.05) is 24.8 Å². The lowest BCUT2D eigenvalue weighted by atomic mass is 10.1. The maximum absolute atomic E-state index is 10.8. The van der Waals surface area contributed by atoms with Crippen LogP contribution in [0.4, 0.5) is 0 Å². The minimum atomic E-state index is -0.723. The first-order valence-corrected chi connectivity index (χ1v) is 6.89. The lowest BCUT2D eigenvalue weighted by Crippen LogP contribution is -2.43. The van der Waals surface area contributed by atoms with Gasteiger partial charge in [0.05, 0.1) is 19.2 Å². The van der Waals surface area contributed by atoms with Crippen LogP contribution in [-0.2, 0) is 11.3 Å². The molecule has 5 heteroatoms. The van der Waals surface area contributed by atoms with E-state index in [0.29, 0.717) is 0 Å². The molecule has 0 aliphatic carbocycles. The van der Waals surface area contributed by atoms with E-state index in [1.54, 1.807) is 6.26 Å². The number of nitrogens with zero attached hydrogens (tertiary/aromatic N) is 1. The van der Waals surface area contributed by atoms with Crippen molar-refractivity contribution in [2.45, 2.75) is 25.9 Å². The Labute approximate surface area is 105 Å². The molecule has 1 aliphatic heterocycles. The molecule has 0 amide bonds. The molecule has 1 fully saturated rings. The molecule has 0 radical (unpaired) electrons. The molecule has 0 saturated carbocycles. The Morgan fingerprint density at radius 2 is 2.53 bits per heavy atom. The summed E-state index contributed by atoms with van der Waals surface area (Å²) in [5.74, 6) is 2.19. The monoisotopic (exact) mass is 255 g/mol. The highest BCUT2D eigenvalue weighted by Gasteiger charge is 2.26.